The summed E-state index contributed by atoms with van der Waals surface area (Å²) >= 11 is 0. The molecule has 2 atom stereocenters. The van der Waals surface area contributed by atoms with Crippen LogP contribution in [0.5, 0.6) is 0 Å². The zero-order chi connectivity index (χ0) is 19.6. The highest BCUT2D eigenvalue weighted by Gasteiger charge is 2.10. The Balaban J connectivity index is 3.45. The average molecular weight is 371 g/mol. The number of carbonyl (C=O) groups is 2. The molecule has 0 aliphatic rings. The first-order valence-electron chi connectivity index (χ1n) is 10.9. The quantitative estimate of drug-likeness (QED) is 0.221. The molecule has 4 heteroatoms. The summed E-state index contributed by atoms with van der Waals surface area (Å²) in [5.41, 5.74) is 0. The molecule has 4 nitrogen and oxygen atoms in total. The van der Waals surface area contributed by atoms with Crippen molar-refractivity contribution >= 4 is 11.9 Å². The van der Waals surface area contributed by atoms with Crippen LogP contribution >= 0.6 is 0 Å². The maximum absolute atomic E-state index is 11.7. The molecule has 26 heavy (non-hydrogen) atoms. The molecule has 0 radical (unpaired) electrons. The van der Waals surface area contributed by atoms with Gasteiger partial charge >= 0.3 is 11.9 Å². The van der Waals surface area contributed by atoms with Gasteiger partial charge in [0.25, 0.3) is 0 Å². The molecule has 0 amide bonds. The third-order valence-electron chi connectivity index (χ3n) is 4.61. The van der Waals surface area contributed by atoms with Crippen molar-refractivity contribution < 1.29 is 19.1 Å². The van der Waals surface area contributed by atoms with E-state index in [2.05, 4.69) is 13.8 Å². The van der Waals surface area contributed by atoms with Gasteiger partial charge in [0, 0.05) is 12.8 Å². The first kappa shape index (κ1) is 24.9. The standard InChI is InChI=1S/C22H42O4/c1-5-7-15-19(3)25-21(23)17-13-11-9-10-12-14-18-22(24)26-20(4)16-8-6-2/h19-20H,5-18H2,1-4H3. The second-order valence-corrected chi connectivity index (χ2v) is 7.51. The Labute approximate surface area is 161 Å². The molecule has 0 heterocycles. The van der Waals surface area contributed by atoms with Crippen LogP contribution in [-0.2, 0) is 19.1 Å². The lowest BCUT2D eigenvalue weighted by atomic mass is 10.1. The zero-order valence-corrected chi connectivity index (χ0v) is 17.7. The summed E-state index contributed by atoms with van der Waals surface area (Å²) in [7, 11) is 0. The van der Waals surface area contributed by atoms with E-state index in [-0.39, 0.29) is 24.1 Å². The summed E-state index contributed by atoms with van der Waals surface area (Å²) in [6.07, 6.45) is 13.7. The lowest BCUT2D eigenvalue weighted by molar-refractivity contribution is -0.149. The van der Waals surface area contributed by atoms with Crippen molar-refractivity contribution in [2.45, 2.75) is 130 Å². The molecule has 0 rings (SSSR count). The minimum Gasteiger partial charge on any atom is -0.463 e. The second-order valence-electron chi connectivity index (χ2n) is 7.51. The van der Waals surface area contributed by atoms with Gasteiger partial charge in [0.15, 0.2) is 0 Å². The van der Waals surface area contributed by atoms with Crippen LogP contribution in [0.15, 0.2) is 0 Å². The maximum Gasteiger partial charge on any atom is 0.306 e. The van der Waals surface area contributed by atoms with Gasteiger partial charge in [-0.3, -0.25) is 9.59 Å². The Morgan fingerprint density at radius 1 is 0.615 bits per heavy atom. The summed E-state index contributed by atoms with van der Waals surface area (Å²) in [5.74, 6) is -0.123. The van der Waals surface area contributed by atoms with Crippen molar-refractivity contribution in [2.24, 2.45) is 0 Å². The highest BCUT2D eigenvalue weighted by molar-refractivity contribution is 5.69. The summed E-state index contributed by atoms with van der Waals surface area (Å²) in [5, 5.41) is 0. The molecule has 0 bridgehead atoms. The normalized spacial score (nSPS) is 13.2. The minimum atomic E-state index is -0.0615. The van der Waals surface area contributed by atoms with E-state index in [0.717, 1.165) is 77.0 Å². The molecule has 154 valence electrons. The maximum atomic E-state index is 11.7. The molecule has 0 aliphatic carbocycles. The number of hydrogen-bond donors (Lipinski definition) is 0. The SMILES string of the molecule is CCCCC(C)OC(=O)CCCCCCCCC(=O)OC(C)CCCC. The number of carbonyl (C=O) groups excluding carboxylic acids is 2. The Hall–Kier alpha value is -1.06. The zero-order valence-electron chi connectivity index (χ0n) is 17.7. The molecule has 0 spiro atoms. The van der Waals surface area contributed by atoms with E-state index in [1.165, 1.54) is 0 Å². The van der Waals surface area contributed by atoms with Gasteiger partial charge in [-0.2, -0.15) is 0 Å². The highest BCUT2D eigenvalue weighted by Crippen LogP contribution is 2.12. The smallest absolute Gasteiger partial charge is 0.306 e. The van der Waals surface area contributed by atoms with Gasteiger partial charge in [0.05, 0.1) is 12.2 Å². The highest BCUT2D eigenvalue weighted by atomic mass is 16.5. The van der Waals surface area contributed by atoms with E-state index < -0.39 is 0 Å². The van der Waals surface area contributed by atoms with E-state index in [9.17, 15) is 9.59 Å². The molecule has 0 aromatic rings. The molecular weight excluding hydrogens is 328 g/mol. The molecule has 0 aromatic carbocycles. The molecule has 0 aliphatic heterocycles. The van der Waals surface area contributed by atoms with Crippen LogP contribution < -0.4 is 0 Å². The van der Waals surface area contributed by atoms with Crippen molar-refractivity contribution in [3.05, 3.63) is 0 Å². The predicted molar refractivity (Wildman–Crippen MR) is 107 cm³/mol. The fourth-order valence-corrected chi connectivity index (χ4v) is 2.91. The Bertz CT molecular complexity index is 320. The van der Waals surface area contributed by atoms with Crippen LogP contribution in [0.3, 0.4) is 0 Å². The van der Waals surface area contributed by atoms with Gasteiger partial charge in [0.1, 0.15) is 0 Å². The van der Waals surface area contributed by atoms with Gasteiger partial charge in [-0.15, -0.1) is 0 Å². The van der Waals surface area contributed by atoms with Gasteiger partial charge in [-0.25, -0.2) is 0 Å². The lowest BCUT2D eigenvalue weighted by Crippen LogP contribution is -2.14. The number of rotatable bonds is 17. The molecule has 0 fully saturated rings. The van der Waals surface area contributed by atoms with E-state index >= 15 is 0 Å². The predicted octanol–water partition coefficient (Wildman–Crippen LogP) is 6.35. The monoisotopic (exact) mass is 370 g/mol. The van der Waals surface area contributed by atoms with Crippen molar-refractivity contribution in [1.82, 2.24) is 0 Å². The first-order chi connectivity index (χ1) is 12.5. The van der Waals surface area contributed by atoms with Crippen LogP contribution in [0, 0.1) is 0 Å². The number of unbranched alkanes of at least 4 members (excludes halogenated alkanes) is 7. The molecule has 0 saturated heterocycles. The van der Waals surface area contributed by atoms with Crippen molar-refractivity contribution in [2.75, 3.05) is 0 Å². The third-order valence-corrected chi connectivity index (χ3v) is 4.61. The first-order valence-corrected chi connectivity index (χ1v) is 10.9. The number of ether oxygens (including phenoxy) is 2. The minimum absolute atomic E-state index is 0.0481. The van der Waals surface area contributed by atoms with E-state index in [1.54, 1.807) is 0 Å². The molecular formula is C22H42O4. The topological polar surface area (TPSA) is 52.6 Å². The lowest BCUT2D eigenvalue weighted by Gasteiger charge is -2.12. The number of hydrogen-bond acceptors (Lipinski definition) is 4. The van der Waals surface area contributed by atoms with Crippen molar-refractivity contribution in [3.8, 4) is 0 Å². The molecule has 2 unspecified atom stereocenters. The number of esters is 2. The Kier molecular flexibility index (Phi) is 16.7. The van der Waals surface area contributed by atoms with Crippen molar-refractivity contribution in [3.63, 3.8) is 0 Å². The summed E-state index contributed by atoms with van der Waals surface area (Å²) in [6, 6.07) is 0. The van der Waals surface area contributed by atoms with Crippen LogP contribution in [-0.4, -0.2) is 24.1 Å². The van der Waals surface area contributed by atoms with Crippen LogP contribution in [0.1, 0.15) is 118 Å². The second kappa shape index (κ2) is 17.4. The fraction of sp³-hybridized carbons (Fsp3) is 0.909. The van der Waals surface area contributed by atoms with E-state index in [0.29, 0.717) is 12.8 Å². The third kappa shape index (κ3) is 16.4. The summed E-state index contributed by atoms with van der Waals surface area (Å²) in [6.45, 7) is 8.24. The fourth-order valence-electron chi connectivity index (χ4n) is 2.91. The molecule has 0 aromatic heterocycles. The van der Waals surface area contributed by atoms with Gasteiger partial charge < -0.3 is 9.47 Å². The van der Waals surface area contributed by atoms with Crippen LogP contribution in [0.25, 0.3) is 0 Å². The summed E-state index contributed by atoms with van der Waals surface area (Å²) in [4.78, 5) is 23.4. The van der Waals surface area contributed by atoms with E-state index in [1.807, 2.05) is 13.8 Å². The van der Waals surface area contributed by atoms with Crippen molar-refractivity contribution in [1.29, 1.82) is 0 Å². The van der Waals surface area contributed by atoms with Gasteiger partial charge in [-0.05, 0) is 39.5 Å². The average Bonchev–Trinajstić information content (AvgIpc) is 2.60. The largest absolute Gasteiger partial charge is 0.463 e. The Morgan fingerprint density at radius 3 is 1.31 bits per heavy atom. The van der Waals surface area contributed by atoms with Gasteiger partial charge in [-0.1, -0.05) is 65.2 Å². The Morgan fingerprint density at radius 2 is 0.962 bits per heavy atom. The van der Waals surface area contributed by atoms with Crippen LogP contribution in [0.4, 0.5) is 0 Å². The molecule has 0 N–H and O–H groups in total. The summed E-state index contributed by atoms with van der Waals surface area (Å²) < 4.78 is 10.8. The van der Waals surface area contributed by atoms with Gasteiger partial charge in [0.2, 0.25) is 0 Å². The molecule has 0 saturated carbocycles. The van der Waals surface area contributed by atoms with E-state index in [4.69, 9.17) is 9.47 Å². The van der Waals surface area contributed by atoms with Crippen LogP contribution in [0.2, 0.25) is 0 Å².